The standard InChI is InChI=1S/C23H29BrF2N4O/c1-4-17(10-14(2)23(31)29-9-7-5-6-8-15(29)3)30-21(27)13-20(28-30)22-18(25)11-16(24)12-19(22)26/h10-15H,4-9,27H2,1-3H3/b17-10-. The van der Waals surface area contributed by atoms with Crippen LogP contribution in [0.25, 0.3) is 17.0 Å². The van der Waals surface area contributed by atoms with Crippen LogP contribution in [0.5, 0.6) is 0 Å². The van der Waals surface area contributed by atoms with E-state index in [9.17, 15) is 13.6 Å². The van der Waals surface area contributed by atoms with Crippen molar-refractivity contribution in [3.63, 3.8) is 0 Å². The molecule has 2 atom stereocenters. The molecule has 0 saturated carbocycles. The highest BCUT2D eigenvalue weighted by atomic mass is 79.9. The van der Waals surface area contributed by atoms with Crippen molar-refractivity contribution >= 4 is 33.4 Å². The van der Waals surface area contributed by atoms with Gasteiger partial charge in [-0.15, -0.1) is 0 Å². The van der Waals surface area contributed by atoms with Crippen molar-refractivity contribution < 1.29 is 13.6 Å². The van der Waals surface area contributed by atoms with E-state index in [4.69, 9.17) is 5.73 Å². The molecule has 0 spiro atoms. The average Bonchev–Trinajstić information content (AvgIpc) is 2.93. The molecule has 2 N–H and O–H groups in total. The number of aromatic nitrogens is 2. The van der Waals surface area contributed by atoms with Crippen molar-refractivity contribution in [1.82, 2.24) is 14.7 Å². The van der Waals surface area contributed by atoms with Crippen LogP contribution in [0.15, 0.2) is 28.7 Å². The monoisotopic (exact) mass is 494 g/mol. The van der Waals surface area contributed by atoms with E-state index in [0.29, 0.717) is 16.6 Å². The van der Waals surface area contributed by atoms with Crippen LogP contribution in [0.2, 0.25) is 0 Å². The Kier molecular flexibility index (Phi) is 7.51. The smallest absolute Gasteiger partial charge is 0.229 e. The summed E-state index contributed by atoms with van der Waals surface area (Å²) in [6, 6.07) is 4.05. The molecule has 1 aliphatic heterocycles. The third-order valence-corrected chi connectivity index (χ3v) is 6.26. The Bertz CT molecular complexity index is 965. The minimum Gasteiger partial charge on any atom is -0.384 e. The second-order valence-corrected chi connectivity index (χ2v) is 9.06. The number of carbonyl (C=O) groups is 1. The van der Waals surface area contributed by atoms with Crippen molar-refractivity contribution in [2.45, 2.75) is 58.9 Å². The molecule has 1 aliphatic rings. The van der Waals surface area contributed by atoms with E-state index >= 15 is 0 Å². The zero-order chi connectivity index (χ0) is 22.7. The zero-order valence-electron chi connectivity index (χ0n) is 18.2. The van der Waals surface area contributed by atoms with Crippen LogP contribution in [0.1, 0.15) is 52.9 Å². The van der Waals surface area contributed by atoms with Crippen LogP contribution in [0.4, 0.5) is 14.6 Å². The van der Waals surface area contributed by atoms with Crippen LogP contribution in [-0.4, -0.2) is 33.2 Å². The predicted octanol–water partition coefficient (Wildman–Crippen LogP) is 5.85. The number of nitrogen functional groups attached to an aromatic ring is 1. The first-order chi connectivity index (χ1) is 14.7. The average molecular weight is 495 g/mol. The maximum absolute atomic E-state index is 14.4. The molecule has 1 aromatic heterocycles. The highest BCUT2D eigenvalue weighted by Gasteiger charge is 2.26. The van der Waals surface area contributed by atoms with Gasteiger partial charge in [-0.1, -0.05) is 48.7 Å². The second kappa shape index (κ2) is 9.94. The molecule has 2 aromatic rings. The summed E-state index contributed by atoms with van der Waals surface area (Å²) in [7, 11) is 0. The molecular formula is C23H29BrF2N4O. The first kappa shape index (κ1) is 23.4. The lowest BCUT2D eigenvalue weighted by atomic mass is 10.1. The Hall–Kier alpha value is -2.22. The molecule has 1 amide bonds. The van der Waals surface area contributed by atoms with Crippen molar-refractivity contribution in [2.75, 3.05) is 12.3 Å². The van der Waals surface area contributed by atoms with Gasteiger partial charge in [-0.3, -0.25) is 4.79 Å². The summed E-state index contributed by atoms with van der Waals surface area (Å²) in [5.41, 5.74) is 6.73. The molecule has 0 bridgehead atoms. The Morgan fingerprint density at radius 1 is 1.29 bits per heavy atom. The van der Waals surface area contributed by atoms with Crippen molar-refractivity contribution in [2.24, 2.45) is 5.92 Å². The van der Waals surface area contributed by atoms with Gasteiger partial charge >= 0.3 is 0 Å². The number of halogens is 3. The summed E-state index contributed by atoms with van der Waals surface area (Å²) in [6.07, 6.45) is 6.74. The SMILES string of the molecule is CC/C(=C/C(C)C(=O)N1CCCCCC1C)n1nc(-c2c(F)cc(Br)cc2F)cc1N. The minimum absolute atomic E-state index is 0.0799. The lowest BCUT2D eigenvalue weighted by Gasteiger charge is -2.29. The fourth-order valence-corrected chi connectivity index (χ4v) is 4.50. The number of likely N-dealkylation sites (tertiary alicyclic amines) is 1. The Balaban J connectivity index is 1.90. The molecule has 1 saturated heterocycles. The summed E-state index contributed by atoms with van der Waals surface area (Å²) in [6.45, 7) is 6.67. The van der Waals surface area contributed by atoms with E-state index in [1.807, 2.05) is 24.8 Å². The molecule has 0 radical (unpaired) electrons. The van der Waals surface area contributed by atoms with E-state index in [1.54, 1.807) is 0 Å². The van der Waals surface area contributed by atoms with Gasteiger partial charge in [0.15, 0.2) is 0 Å². The van der Waals surface area contributed by atoms with Crippen LogP contribution >= 0.6 is 15.9 Å². The molecule has 1 aromatic carbocycles. The number of nitrogens with zero attached hydrogens (tertiary/aromatic N) is 3. The van der Waals surface area contributed by atoms with E-state index in [1.165, 1.54) is 22.9 Å². The van der Waals surface area contributed by atoms with Crippen molar-refractivity contribution in [3.05, 3.63) is 40.4 Å². The second-order valence-electron chi connectivity index (χ2n) is 8.14. The van der Waals surface area contributed by atoms with Gasteiger partial charge in [0.1, 0.15) is 23.1 Å². The van der Waals surface area contributed by atoms with Gasteiger partial charge < -0.3 is 10.6 Å². The molecule has 3 rings (SSSR count). The lowest BCUT2D eigenvalue weighted by Crippen LogP contribution is -2.41. The number of rotatable bonds is 5. The highest BCUT2D eigenvalue weighted by molar-refractivity contribution is 9.10. The number of nitrogens with two attached hydrogens (primary N) is 1. The van der Waals surface area contributed by atoms with Gasteiger partial charge in [0, 0.05) is 28.8 Å². The lowest BCUT2D eigenvalue weighted by molar-refractivity contribution is -0.135. The fourth-order valence-electron chi connectivity index (χ4n) is 4.10. The Morgan fingerprint density at radius 3 is 2.61 bits per heavy atom. The van der Waals surface area contributed by atoms with Gasteiger partial charge in [-0.25, -0.2) is 13.5 Å². The zero-order valence-corrected chi connectivity index (χ0v) is 19.8. The van der Waals surface area contributed by atoms with E-state index in [0.717, 1.165) is 32.2 Å². The fraction of sp³-hybridized carbons (Fsp3) is 0.478. The third-order valence-electron chi connectivity index (χ3n) is 5.80. The molecular weight excluding hydrogens is 466 g/mol. The molecule has 2 unspecified atom stereocenters. The Labute approximate surface area is 190 Å². The van der Waals surface area contributed by atoms with Gasteiger partial charge in [-0.2, -0.15) is 5.10 Å². The van der Waals surface area contributed by atoms with E-state index in [-0.39, 0.29) is 34.9 Å². The van der Waals surface area contributed by atoms with Crippen molar-refractivity contribution in [3.8, 4) is 11.3 Å². The van der Waals surface area contributed by atoms with Crippen LogP contribution in [0.3, 0.4) is 0 Å². The molecule has 2 heterocycles. The summed E-state index contributed by atoms with van der Waals surface area (Å²) in [5, 5.41) is 4.36. The molecule has 168 valence electrons. The van der Waals surface area contributed by atoms with Crippen LogP contribution in [0, 0.1) is 17.6 Å². The maximum atomic E-state index is 14.4. The summed E-state index contributed by atoms with van der Waals surface area (Å²) in [5.74, 6) is -1.47. The molecule has 8 heteroatoms. The van der Waals surface area contributed by atoms with Crippen LogP contribution < -0.4 is 5.73 Å². The number of benzene rings is 1. The topological polar surface area (TPSA) is 64.2 Å². The highest BCUT2D eigenvalue weighted by Crippen LogP contribution is 2.31. The number of carbonyl (C=O) groups excluding carboxylic acids is 1. The molecule has 0 aliphatic carbocycles. The molecule has 31 heavy (non-hydrogen) atoms. The largest absolute Gasteiger partial charge is 0.384 e. The first-order valence-corrected chi connectivity index (χ1v) is 11.5. The third kappa shape index (κ3) is 5.17. The number of hydrogen-bond acceptors (Lipinski definition) is 3. The normalized spacial score (nSPS) is 18.7. The van der Waals surface area contributed by atoms with Gasteiger partial charge in [-0.05, 0) is 38.3 Å². The summed E-state index contributed by atoms with van der Waals surface area (Å²) in [4.78, 5) is 15.1. The number of allylic oxidation sites excluding steroid dienone is 1. The quantitative estimate of drug-likeness (QED) is 0.566. The van der Waals surface area contributed by atoms with E-state index in [2.05, 4.69) is 28.0 Å². The Morgan fingerprint density at radius 2 is 1.97 bits per heavy atom. The maximum Gasteiger partial charge on any atom is 0.229 e. The van der Waals surface area contributed by atoms with Gasteiger partial charge in [0.05, 0.1) is 11.5 Å². The number of amides is 1. The summed E-state index contributed by atoms with van der Waals surface area (Å²) < 4.78 is 30.5. The first-order valence-electron chi connectivity index (χ1n) is 10.7. The molecule has 5 nitrogen and oxygen atoms in total. The summed E-state index contributed by atoms with van der Waals surface area (Å²) >= 11 is 3.08. The number of hydrogen-bond donors (Lipinski definition) is 1. The van der Waals surface area contributed by atoms with Gasteiger partial charge in [0.2, 0.25) is 5.91 Å². The predicted molar refractivity (Wildman–Crippen MR) is 123 cm³/mol. The van der Waals surface area contributed by atoms with Gasteiger partial charge in [0.25, 0.3) is 0 Å². The molecule has 1 fully saturated rings. The van der Waals surface area contributed by atoms with Crippen molar-refractivity contribution in [1.29, 1.82) is 0 Å². The van der Waals surface area contributed by atoms with E-state index < -0.39 is 11.6 Å². The minimum atomic E-state index is -0.725. The van der Waals surface area contributed by atoms with Crippen LogP contribution in [-0.2, 0) is 4.79 Å². The number of anilines is 1.